The number of hydrogen-bond donors (Lipinski definition) is 1. The number of rotatable bonds is 3. The van der Waals surface area contributed by atoms with Gasteiger partial charge in [-0.25, -0.2) is 4.39 Å². The van der Waals surface area contributed by atoms with Crippen LogP contribution in [0.1, 0.15) is 19.3 Å². The highest BCUT2D eigenvalue weighted by atomic mass is 19.1. The molecule has 1 aromatic carbocycles. The van der Waals surface area contributed by atoms with Crippen LogP contribution in [0.2, 0.25) is 0 Å². The molecule has 128 valence electrons. The van der Waals surface area contributed by atoms with E-state index in [1.165, 1.54) is 29.2 Å². The monoisotopic (exact) mass is 334 g/mol. The molecule has 3 rings (SSSR count). The van der Waals surface area contributed by atoms with Crippen LogP contribution in [0.3, 0.4) is 0 Å². The van der Waals surface area contributed by atoms with Crippen LogP contribution in [0.15, 0.2) is 24.3 Å². The maximum Gasteiger partial charge on any atom is 0.308 e. The molecule has 2 aliphatic heterocycles. The van der Waals surface area contributed by atoms with E-state index in [1.54, 1.807) is 4.90 Å². The highest BCUT2D eigenvalue weighted by molar-refractivity contribution is 6.00. The lowest BCUT2D eigenvalue weighted by Crippen LogP contribution is -2.45. The fraction of sp³-hybridized carbons (Fsp3) is 0.471. The third-order valence-electron chi connectivity index (χ3n) is 4.69. The molecular formula is C17H19FN2O4. The lowest BCUT2D eigenvalue weighted by molar-refractivity contribution is -0.146. The molecule has 2 aliphatic rings. The van der Waals surface area contributed by atoms with Crippen molar-refractivity contribution in [1.29, 1.82) is 0 Å². The second-order valence-electron chi connectivity index (χ2n) is 6.34. The number of carbonyl (C=O) groups excluding carboxylic acids is 2. The van der Waals surface area contributed by atoms with Crippen molar-refractivity contribution in [2.24, 2.45) is 11.8 Å². The molecule has 1 N–H and O–H groups in total. The van der Waals surface area contributed by atoms with Gasteiger partial charge in [0.15, 0.2) is 0 Å². The molecule has 2 heterocycles. The van der Waals surface area contributed by atoms with Gasteiger partial charge in [-0.15, -0.1) is 0 Å². The first-order valence-corrected chi connectivity index (χ1v) is 8.03. The van der Waals surface area contributed by atoms with E-state index in [0.717, 1.165) is 0 Å². The Balaban J connectivity index is 1.67. The molecular weight excluding hydrogens is 315 g/mol. The van der Waals surface area contributed by atoms with E-state index in [2.05, 4.69) is 0 Å². The van der Waals surface area contributed by atoms with Crippen LogP contribution >= 0.6 is 0 Å². The van der Waals surface area contributed by atoms with Crippen LogP contribution in [0.5, 0.6) is 0 Å². The van der Waals surface area contributed by atoms with Crippen molar-refractivity contribution in [3.8, 4) is 0 Å². The van der Waals surface area contributed by atoms with Crippen molar-refractivity contribution < 1.29 is 23.9 Å². The van der Waals surface area contributed by atoms with Crippen LogP contribution in [0.25, 0.3) is 0 Å². The number of likely N-dealkylation sites (tertiary alicyclic amines) is 1. The number of halogens is 1. The first-order chi connectivity index (χ1) is 11.5. The van der Waals surface area contributed by atoms with Crippen molar-refractivity contribution in [3.05, 3.63) is 30.1 Å². The fourth-order valence-corrected chi connectivity index (χ4v) is 3.38. The summed E-state index contributed by atoms with van der Waals surface area (Å²) in [6.07, 6.45) is 1.33. The quantitative estimate of drug-likeness (QED) is 0.909. The zero-order chi connectivity index (χ0) is 17.3. The molecule has 2 fully saturated rings. The standard InChI is InChI=1S/C17H19FN2O4/c18-13-3-5-14(6-4-13)20-10-12(8-15(20)21)16(22)19-7-1-2-11(9-19)17(23)24/h3-6,11-12H,1-2,7-10H2,(H,23,24)/t11-,12-/m1/s1. The summed E-state index contributed by atoms with van der Waals surface area (Å²) < 4.78 is 13.0. The molecule has 2 atom stereocenters. The van der Waals surface area contributed by atoms with Crippen molar-refractivity contribution in [1.82, 2.24) is 4.90 Å². The molecule has 7 heteroatoms. The van der Waals surface area contributed by atoms with Gasteiger partial charge in [0.1, 0.15) is 5.82 Å². The lowest BCUT2D eigenvalue weighted by Gasteiger charge is -2.32. The lowest BCUT2D eigenvalue weighted by atomic mass is 9.96. The van der Waals surface area contributed by atoms with Crippen molar-refractivity contribution in [2.75, 3.05) is 24.5 Å². The summed E-state index contributed by atoms with van der Waals surface area (Å²) in [4.78, 5) is 39.0. The van der Waals surface area contributed by atoms with E-state index in [1.807, 2.05) is 0 Å². The second-order valence-corrected chi connectivity index (χ2v) is 6.34. The maximum atomic E-state index is 13.0. The van der Waals surface area contributed by atoms with Gasteiger partial charge in [-0.05, 0) is 37.1 Å². The van der Waals surface area contributed by atoms with Gasteiger partial charge >= 0.3 is 5.97 Å². The molecule has 1 aromatic rings. The van der Waals surface area contributed by atoms with Crippen molar-refractivity contribution in [3.63, 3.8) is 0 Å². The van der Waals surface area contributed by atoms with Gasteiger partial charge in [-0.1, -0.05) is 0 Å². The van der Waals surface area contributed by atoms with Crippen LogP contribution in [-0.2, 0) is 14.4 Å². The molecule has 0 bridgehead atoms. The summed E-state index contributed by atoms with van der Waals surface area (Å²) in [6.45, 7) is 0.983. The van der Waals surface area contributed by atoms with Crippen molar-refractivity contribution >= 4 is 23.5 Å². The number of piperidine rings is 1. The smallest absolute Gasteiger partial charge is 0.308 e. The Bertz CT molecular complexity index is 661. The molecule has 2 saturated heterocycles. The molecule has 0 spiro atoms. The summed E-state index contributed by atoms with van der Waals surface area (Å²) in [5.41, 5.74) is 0.568. The number of nitrogens with zero attached hydrogens (tertiary/aromatic N) is 2. The molecule has 0 aliphatic carbocycles. The fourth-order valence-electron chi connectivity index (χ4n) is 3.38. The Kier molecular flexibility index (Phi) is 4.51. The Morgan fingerprint density at radius 3 is 2.50 bits per heavy atom. The Morgan fingerprint density at radius 2 is 1.83 bits per heavy atom. The topological polar surface area (TPSA) is 77.9 Å². The van der Waals surface area contributed by atoms with Gasteiger partial charge in [0.05, 0.1) is 11.8 Å². The Hall–Kier alpha value is -2.44. The molecule has 0 unspecified atom stereocenters. The van der Waals surface area contributed by atoms with Gasteiger partial charge in [0.25, 0.3) is 0 Å². The van der Waals surface area contributed by atoms with Gasteiger partial charge < -0.3 is 14.9 Å². The molecule has 24 heavy (non-hydrogen) atoms. The minimum Gasteiger partial charge on any atom is -0.481 e. The first-order valence-electron chi connectivity index (χ1n) is 8.03. The van der Waals surface area contributed by atoms with Crippen LogP contribution in [0.4, 0.5) is 10.1 Å². The predicted molar refractivity (Wildman–Crippen MR) is 83.8 cm³/mol. The maximum absolute atomic E-state index is 13.0. The number of anilines is 1. The number of carboxylic acids is 1. The molecule has 0 saturated carbocycles. The average Bonchev–Trinajstić information content (AvgIpc) is 2.97. The van der Waals surface area contributed by atoms with E-state index in [0.29, 0.717) is 25.1 Å². The predicted octanol–water partition coefficient (Wildman–Crippen LogP) is 1.50. The number of carboxylic acid groups (broad SMARTS) is 1. The number of benzene rings is 1. The summed E-state index contributed by atoms with van der Waals surface area (Å²) in [7, 11) is 0. The Morgan fingerprint density at radius 1 is 1.12 bits per heavy atom. The van der Waals surface area contributed by atoms with Gasteiger partial charge in [-0.3, -0.25) is 14.4 Å². The van der Waals surface area contributed by atoms with E-state index >= 15 is 0 Å². The molecule has 0 aromatic heterocycles. The molecule has 0 radical (unpaired) electrons. The highest BCUT2D eigenvalue weighted by Crippen LogP contribution is 2.28. The summed E-state index contributed by atoms with van der Waals surface area (Å²) in [5, 5.41) is 9.13. The van der Waals surface area contributed by atoms with Crippen LogP contribution in [-0.4, -0.2) is 47.4 Å². The zero-order valence-corrected chi connectivity index (χ0v) is 13.2. The SMILES string of the molecule is O=C(O)[C@@H]1CCCN(C(=O)[C@@H]2CC(=O)N(c3ccc(F)cc3)C2)C1. The van der Waals surface area contributed by atoms with Gasteiger partial charge in [-0.2, -0.15) is 0 Å². The number of carbonyl (C=O) groups is 3. The second kappa shape index (κ2) is 6.59. The van der Waals surface area contributed by atoms with Crippen LogP contribution < -0.4 is 4.90 Å². The first kappa shape index (κ1) is 16.4. The van der Waals surface area contributed by atoms with Gasteiger partial charge in [0.2, 0.25) is 11.8 Å². The summed E-state index contributed by atoms with van der Waals surface area (Å²) >= 11 is 0. The number of hydrogen-bond acceptors (Lipinski definition) is 3. The number of aliphatic carboxylic acids is 1. The minimum absolute atomic E-state index is 0.102. The van der Waals surface area contributed by atoms with E-state index in [9.17, 15) is 18.8 Å². The largest absolute Gasteiger partial charge is 0.481 e. The van der Waals surface area contributed by atoms with E-state index in [4.69, 9.17) is 5.11 Å². The third kappa shape index (κ3) is 3.25. The summed E-state index contributed by atoms with van der Waals surface area (Å²) in [5.74, 6) is -2.62. The highest BCUT2D eigenvalue weighted by Gasteiger charge is 2.39. The Labute approximate surface area is 138 Å². The van der Waals surface area contributed by atoms with Crippen molar-refractivity contribution in [2.45, 2.75) is 19.3 Å². The minimum atomic E-state index is -0.886. The average molecular weight is 334 g/mol. The van der Waals surface area contributed by atoms with E-state index in [-0.39, 0.29) is 37.1 Å². The van der Waals surface area contributed by atoms with Gasteiger partial charge in [0, 0.05) is 31.7 Å². The summed E-state index contributed by atoms with van der Waals surface area (Å²) in [6, 6.07) is 5.59. The zero-order valence-electron chi connectivity index (χ0n) is 13.2. The normalized spacial score (nSPS) is 24.3. The number of amides is 2. The third-order valence-corrected chi connectivity index (χ3v) is 4.69. The molecule has 2 amide bonds. The van der Waals surface area contributed by atoms with E-state index < -0.39 is 17.8 Å². The van der Waals surface area contributed by atoms with Crippen LogP contribution in [0, 0.1) is 17.7 Å². The molecule has 6 nitrogen and oxygen atoms in total.